The maximum Gasteiger partial charge on any atom is 0.103 e. The first-order chi connectivity index (χ1) is 4.99. The summed E-state index contributed by atoms with van der Waals surface area (Å²) in [6.45, 7) is 9.42. The van der Waals surface area contributed by atoms with Crippen molar-refractivity contribution in [2.24, 2.45) is 5.41 Å². The number of methoxy groups -OCH3 is 1. The lowest BCUT2D eigenvalue weighted by Gasteiger charge is -2.23. The summed E-state index contributed by atoms with van der Waals surface area (Å²) in [4.78, 5) is 2.16. The van der Waals surface area contributed by atoms with E-state index in [4.69, 9.17) is 4.74 Å². The Labute approximate surface area is 68.8 Å². The van der Waals surface area contributed by atoms with Crippen molar-refractivity contribution in [3.8, 4) is 0 Å². The molecule has 2 heteroatoms. The molecule has 64 valence electrons. The van der Waals surface area contributed by atoms with Crippen molar-refractivity contribution in [3.63, 3.8) is 0 Å². The van der Waals surface area contributed by atoms with Gasteiger partial charge in [0.25, 0.3) is 0 Å². The van der Waals surface area contributed by atoms with Crippen LogP contribution in [-0.4, -0.2) is 31.7 Å². The van der Waals surface area contributed by atoms with Gasteiger partial charge >= 0.3 is 0 Å². The minimum absolute atomic E-state index is 0.187. The molecule has 1 aliphatic heterocycles. The third-order valence-electron chi connectivity index (χ3n) is 2.38. The van der Waals surface area contributed by atoms with Crippen molar-refractivity contribution in [1.82, 2.24) is 4.90 Å². The summed E-state index contributed by atoms with van der Waals surface area (Å²) < 4.78 is 5.37. The Morgan fingerprint density at radius 1 is 1.64 bits per heavy atom. The summed E-state index contributed by atoms with van der Waals surface area (Å²) in [6, 6.07) is 0. The minimum atomic E-state index is 0.187. The molecule has 1 aliphatic rings. The second kappa shape index (κ2) is 2.52. The molecule has 0 spiro atoms. The zero-order valence-corrected chi connectivity index (χ0v) is 7.85. The molecular formula is C9H17NO. The van der Waals surface area contributed by atoms with Gasteiger partial charge in [-0.3, -0.25) is 0 Å². The molecule has 0 aliphatic carbocycles. The molecule has 1 saturated heterocycles. The Hall–Kier alpha value is -0.500. The highest BCUT2D eigenvalue weighted by atomic mass is 16.5. The molecule has 1 fully saturated rings. The van der Waals surface area contributed by atoms with Gasteiger partial charge < -0.3 is 9.64 Å². The summed E-state index contributed by atoms with van der Waals surface area (Å²) in [5.74, 6) is 0. The quantitative estimate of drug-likeness (QED) is 0.569. The van der Waals surface area contributed by atoms with E-state index >= 15 is 0 Å². The van der Waals surface area contributed by atoms with Gasteiger partial charge in [0.05, 0.1) is 0 Å². The summed E-state index contributed by atoms with van der Waals surface area (Å²) in [5, 5.41) is 0. The molecule has 11 heavy (non-hydrogen) atoms. The van der Waals surface area contributed by atoms with Crippen molar-refractivity contribution in [3.05, 3.63) is 12.3 Å². The lowest BCUT2D eigenvalue weighted by molar-refractivity contribution is 0.0595. The third-order valence-corrected chi connectivity index (χ3v) is 2.38. The first-order valence-corrected chi connectivity index (χ1v) is 3.92. The van der Waals surface area contributed by atoms with Gasteiger partial charge in [0.1, 0.15) is 6.10 Å². The van der Waals surface area contributed by atoms with Crippen molar-refractivity contribution < 1.29 is 4.74 Å². The Bertz CT molecular complexity index is 174. The van der Waals surface area contributed by atoms with Crippen LogP contribution < -0.4 is 0 Å². The molecule has 2 nitrogen and oxygen atoms in total. The highest BCUT2D eigenvalue weighted by Crippen LogP contribution is 2.36. The van der Waals surface area contributed by atoms with Crippen LogP contribution in [0.3, 0.4) is 0 Å². The van der Waals surface area contributed by atoms with Crippen molar-refractivity contribution in [2.45, 2.75) is 20.0 Å². The van der Waals surface area contributed by atoms with Crippen LogP contribution in [0.25, 0.3) is 0 Å². The van der Waals surface area contributed by atoms with Crippen LogP contribution in [0.1, 0.15) is 13.8 Å². The van der Waals surface area contributed by atoms with Gasteiger partial charge in [-0.05, 0) is 0 Å². The van der Waals surface area contributed by atoms with Crippen LogP contribution in [0.15, 0.2) is 12.3 Å². The summed E-state index contributed by atoms with van der Waals surface area (Å²) in [7, 11) is 3.81. The number of ether oxygens (including phenoxy) is 1. The van der Waals surface area contributed by atoms with Crippen molar-refractivity contribution in [2.75, 3.05) is 20.7 Å². The molecule has 0 aromatic rings. The minimum Gasteiger partial charge on any atom is -0.376 e. The zero-order chi connectivity index (χ0) is 8.65. The summed E-state index contributed by atoms with van der Waals surface area (Å²) >= 11 is 0. The topological polar surface area (TPSA) is 12.5 Å². The number of likely N-dealkylation sites (tertiary alicyclic amines) is 1. The predicted octanol–water partition coefficient (Wildman–Crippen LogP) is 1.49. The molecule has 0 bridgehead atoms. The molecule has 0 aromatic carbocycles. The van der Waals surface area contributed by atoms with E-state index in [1.54, 1.807) is 7.11 Å². The third kappa shape index (κ3) is 1.27. The van der Waals surface area contributed by atoms with Crippen LogP contribution >= 0.6 is 0 Å². The summed E-state index contributed by atoms with van der Waals surface area (Å²) in [6.07, 6.45) is 0.187. The Balaban J connectivity index is 2.82. The van der Waals surface area contributed by atoms with Crippen LogP contribution in [0.2, 0.25) is 0 Å². The maximum absolute atomic E-state index is 5.37. The molecule has 0 radical (unpaired) electrons. The first-order valence-electron chi connectivity index (χ1n) is 3.92. The largest absolute Gasteiger partial charge is 0.376 e. The first kappa shape index (κ1) is 8.60. The standard InChI is InChI=1S/C9H17NO/c1-7-8(11-5)9(2,3)6-10(7)4/h8H,1,6H2,2-5H3. The average molecular weight is 155 g/mol. The number of nitrogens with zero attached hydrogens (tertiary/aromatic N) is 1. The molecule has 0 N–H and O–H groups in total. The van der Waals surface area contributed by atoms with E-state index in [9.17, 15) is 0 Å². The van der Waals surface area contributed by atoms with Crippen LogP contribution in [0, 0.1) is 5.41 Å². The van der Waals surface area contributed by atoms with Crippen LogP contribution in [0.5, 0.6) is 0 Å². The normalized spacial score (nSPS) is 29.6. The van der Waals surface area contributed by atoms with Gasteiger partial charge in [0.2, 0.25) is 0 Å². The van der Waals surface area contributed by atoms with Crippen LogP contribution in [-0.2, 0) is 4.74 Å². The Morgan fingerprint density at radius 3 is 2.36 bits per heavy atom. The molecule has 0 saturated carbocycles. The van der Waals surface area contributed by atoms with E-state index in [0.717, 1.165) is 12.2 Å². The number of hydrogen-bond acceptors (Lipinski definition) is 2. The molecule has 1 unspecified atom stereocenters. The van der Waals surface area contributed by atoms with E-state index in [1.165, 1.54) is 0 Å². The number of likely N-dealkylation sites (N-methyl/N-ethyl adjacent to an activating group) is 1. The van der Waals surface area contributed by atoms with Gasteiger partial charge in [0.15, 0.2) is 0 Å². The zero-order valence-electron chi connectivity index (χ0n) is 7.85. The van der Waals surface area contributed by atoms with E-state index in [2.05, 4.69) is 32.4 Å². The SMILES string of the molecule is C=C1C(OC)C(C)(C)CN1C. The van der Waals surface area contributed by atoms with Gasteiger partial charge in [-0.1, -0.05) is 20.4 Å². The fourth-order valence-electron chi connectivity index (χ4n) is 1.90. The van der Waals surface area contributed by atoms with E-state index in [1.807, 2.05) is 0 Å². The molecule has 0 aromatic heterocycles. The molecule has 1 atom stereocenters. The van der Waals surface area contributed by atoms with Crippen molar-refractivity contribution >= 4 is 0 Å². The number of hydrogen-bond donors (Lipinski definition) is 0. The van der Waals surface area contributed by atoms with Gasteiger partial charge in [-0.2, -0.15) is 0 Å². The van der Waals surface area contributed by atoms with Gasteiger partial charge in [-0.15, -0.1) is 0 Å². The molecule has 1 rings (SSSR count). The second-order valence-electron chi connectivity index (χ2n) is 3.95. The predicted molar refractivity (Wildman–Crippen MR) is 46.3 cm³/mol. The smallest absolute Gasteiger partial charge is 0.103 e. The van der Waals surface area contributed by atoms with Gasteiger partial charge in [0, 0.05) is 31.8 Å². The Morgan fingerprint density at radius 2 is 2.18 bits per heavy atom. The van der Waals surface area contributed by atoms with E-state index in [0.29, 0.717) is 0 Å². The average Bonchev–Trinajstić information content (AvgIpc) is 2.03. The van der Waals surface area contributed by atoms with Crippen LogP contribution in [0.4, 0.5) is 0 Å². The fourth-order valence-corrected chi connectivity index (χ4v) is 1.90. The maximum atomic E-state index is 5.37. The summed E-state index contributed by atoms with van der Waals surface area (Å²) in [5.41, 5.74) is 1.30. The highest BCUT2D eigenvalue weighted by molar-refractivity contribution is 5.13. The van der Waals surface area contributed by atoms with E-state index in [-0.39, 0.29) is 11.5 Å². The van der Waals surface area contributed by atoms with Gasteiger partial charge in [-0.25, -0.2) is 0 Å². The second-order valence-corrected chi connectivity index (χ2v) is 3.95. The number of rotatable bonds is 1. The lowest BCUT2D eigenvalue weighted by Crippen LogP contribution is -2.27. The molecular weight excluding hydrogens is 138 g/mol. The monoisotopic (exact) mass is 155 g/mol. The van der Waals surface area contributed by atoms with Crippen molar-refractivity contribution in [1.29, 1.82) is 0 Å². The highest BCUT2D eigenvalue weighted by Gasteiger charge is 2.40. The molecule has 0 amide bonds. The fraction of sp³-hybridized carbons (Fsp3) is 0.778. The molecule has 1 heterocycles. The van der Waals surface area contributed by atoms with E-state index < -0.39 is 0 Å². The lowest BCUT2D eigenvalue weighted by atomic mass is 9.89. The Kier molecular flexibility index (Phi) is 1.97.